The first kappa shape index (κ1) is 58.1. The molecule has 3 aromatic heterocycles. The fraction of sp³-hybridized carbons (Fsp3) is 0. The maximum absolute atomic E-state index is 14.7. The van der Waals surface area contributed by atoms with Gasteiger partial charge in [0.25, 0.3) is 0 Å². The summed E-state index contributed by atoms with van der Waals surface area (Å²) in [6.07, 6.45) is 0. The van der Waals surface area contributed by atoms with E-state index in [1.807, 2.05) is 12.1 Å². The quantitative estimate of drug-likeness (QED) is 0.102. The molecule has 0 radical (unpaired) electrons. The van der Waals surface area contributed by atoms with E-state index in [-0.39, 0.29) is 9.79 Å². The van der Waals surface area contributed by atoms with E-state index in [4.69, 9.17) is 0 Å². The van der Waals surface area contributed by atoms with Gasteiger partial charge in [-0.05, 0) is 181 Å². The lowest BCUT2D eigenvalue weighted by Crippen LogP contribution is -2.20. The third-order valence-corrected chi connectivity index (χ3v) is 27.2. The Morgan fingerprint density at radius 1 is 0.263 bits per heavy atom. The smallest absolute Gasteiger partial charge is 0.206 e. The van der Waals surface area contributed by atoms with Gasteiger partial charge in [-0.3, -0.25) is 0 Å². The molecule has 0 aliphatic carbocycles. The lowest BCUT2D eigenvalue weighted by atomic mass is 10.0. The molecule has 0 spiro atoms. The van der Waals surface area contributed by atoms with Crippen LogP contribution in [0.25, 0.3) is 82.5 Å². The molecule has 17 aromatic rings. The van der Waals surface area contributed by atoms with E-state index in [1.54, 1.807) is 24.3 Å². The molecular formula is C85H57N4O2P3S. The summed E-state index contributed by atoms with van der Waals surface area (Å²) in [6, 6.07) is 125. The maximum Gasteiger partial charge on any atom is 0.206 e. The predicted octanol–water partition coefficient (Wildman–Crippen LogP) is 17.0. The summed E-state index contributed by atoms with van der Waals surface area (Å²) in [5, 5.41) is 27.4. The topological polar surface area (TPSA) is 72.7 Å². The fourth-order valence-electron chi connectivity index (χ4n) is 14.1. The minimum Gasteiger partial charge on any atom is -0.308 e. The van der Waals surface area contributed by atoms with Crippen LogP contribution in [0.5, 0.6) is 0 Å². The molecule has 0 amide bonds. The first-order valence-electron chi connectivity index (χ1n) is 31.6. The molecule has 0 bridgehead atoms. The second-order valence-electron chi connectivity index (χ2n) is 23.6. The van der Waals surface area contributed by atoms with E-state index in [2.05, 4.69) is 317 Å². The summed E-state index contributed by atoms with van der Waals surface area (Å²) < 4.78 is 36.8. The molecule has 0 saturated carbocycles. The second-order valence-corrected chi connectivity index (χ2v) is 32.2. The van der Waals surface area contributed by atoms with Crippen molar-refractivity contribution in [2.45, 2.75) is 9.79 Å². The number of aromatic nitrogens is 3. The maximum atomic E-state index is 14.7. The monoisotopic (exact) mass is 1290 g/mol. The third kappa shape index (κ3) is 10.0. The SMILES string of the molecule is N#Cc1ccc(S(=O)(=O)c2ccc(-n3c4ccc(P(c5ccccc5)c5ccccc5)cc4c4c5c(c6cc(P(c7ccccc7)c7ccccc7)ccc6n5-c5ccccc5)c5c(c6cc(P(c7ccccc7)c7ccccc7)ccc6n5-c5ccccc5)c43)cc2)cc1. The summed E-state index contributed by atoms with van der Waals surface area (Å²) in [5.74, 6) is 0. The first-order valence-corrected chi connectivity index (χ1v) is 37.1. The highest BCUT2D eigenvalue weighted by Gasteiger charge is 2.32. The van der Waals surface area contributed by atoms with Crippen LogP contribution in [0.15, 0.2) is 356 Å². The van der Waals surface area contributed by atoms with Crippen molar-refractivity contribution < 1.29 is 8.42 Å². The number of nitrogens with zero attached hydrogens (tertiary/aromatic N) is 4. The fourth-order valence-corrected chi connectivity index (χ4v) is 22.3. The number of benzene rings is 14. The Morgan fingerprint density at radius 2 is 0.505 bits per heavy atom. The third-order valence-electron chi connectivity index (χ3n) is 18.2. The molecule has 3 heterocycles. The Kier molecular flexibility index (Phi) is 14.8. The zero-order chi connectivity index (χ0) is 63.6. The minimum atomic E-state index is -4.00. The molecular weight excluding hydrogens is 1230 g/mol. The van der Waals surface area contributed by atoms with E-state index in [9.17, 15) is 13.7 Å². The molecule has 14 aromatic carbocycles. The number of fused-ring (bicyclic) bond motifs is 12. The summed E-state index contributed by atoms with van der Waals surface area (Å²) in [7, 11) is -7.17. The van der Waals surface area contributed by atoms with Crippen molar-refractivity contribution in [2.24, 2.45) is 0 Å². The molecule has 0 unspecified atom stereocenters. The van der Waals surface area contributed by atoms with Gasteiger partial charge >= 0.3 is 0 Å². The number of para-hydroxylation sites is 2. The molecule has 0 fully saturated rings. The van der Waals surface area contributed by atoms with Gasteiger partial charge in [0.1, 0.15) is 0 Å². The molecule has 17 rings (SSSR count). The van der Waals surface area contributed by atoms with Crippen molar-refractivity contribution in [3.05, 3.63) is 351 Å². The summed E-state index contributed by atoms with van der Waals surface area (Å²) in [5.41, 5.74) is 9.50. The van der Waals surface area contributed by atoms with E-state index >= 15 is 0 Å². The van der Waals surface area contributed by atoms with Gasteiger partial charge in [0.2, 0.25) is 9.84 Å². The van der Waals surface area contributed by atoms with E-state index in [0.29, 0.717) is 5.56 Å². The number of nitriles is 1. The van der Waals surface area contributed by atoms with Crippen LogP contribution in [-0.2, 0) is 9.84 Å². The average Bonchev–Trinajstić information content (AvgIpc) is 1.50. The van der Waals surface area contributed by atoms with E-state index < -0.39 is 33.6 Å². The highest BCUT2D eigenvalue weighted by Crippen LogP contribution is 2.52. The van der Waals surface area contributed by atoms with Crippen LogP contribution in [0.1, 0.15) is 5.56 Å². The van der Waals surface area contributed by atoms with Crippen LogP contribution in [0.4, 0.5) is 0 Å². The number of sulfone groups is 1. The van der Waals surface area contributed by atoms with Crippen LogP contribution < -0.4 is 47.7 Å². The predicted molar refractivity (Wildman–Crippen MR) is 402 cm³/mol. The summed E-state index contributed by atoms with van der Waals surface area (Å²) in [6.45, 7) is 0. The normalized spacial score (nSPS) is 11.9. The van der Waals surface area contributed by atoms with Gasteiger partial charge in [-0.15, -0.1) is 0 Å². The first-order chi connectivity index (χ1) is 46.9. The van der Waals surface area contributed by atoms with Gasteiger partial charge in [0.15, 0.2) is 0 Å². The largest absolute Gasteiger partial charge is 0.308 e. The van der Waals surface area contributed by atoms with Crippen LogP contribution >= 0.6 is 23.8 Å². The van der Waals surface area contributed by atoms with Crippen molar-refractivity contribution in [3.63, 3.8) is 0 Å². The van der Waals surface area contributed by atoms with E-state index in [0.717, 1.165) is 82.5 Å². The Hall–Kier alpha value is -10.8. The van der Waals surface area contributed by atoms with Crippen LogP contribution in [-0.4, -0.2) is 22.1 Å². The zero-order valence-corrected chi connectivity index (χ0v) is 54.8. The number of rotatable bonds is 14. The lowest BCUT2D eigenvalue weighted by molar-refractivity contribution is 0.596. The highest BCUT2D eigenvalue weighted by molar-refractivity contribution is 7.91. The van der Waals surface area contributed by atoms with Crippen molar-refractivity contribution in [1.82, 2.24) is 13.7 Å². The Labute approximate surface area is 554 Å². The van der Waals surface area contributed by atoms with Gasteiger partial charge in [-0.25, -0.2) is 8.42 Å². The average molecular weight is 1290 g/mol. The Balaban J connectivity index is 1.10. The Bertz CT molecular complexity index is 5700. The lowest BCUT2D eigenvalue weighted by Gasteiger charge is -2.19. The molecule has 0 saturated heterocycles. The van der Waals surface area contributed by atoms with Crippen molar-refractivity contribution in [3.8, 4) is 23.1 Å². The van der Waals surface area contributed by atoms with Gasteiger partial charge in [-0.1, -0.05) is 237 Å². The van der Waals surface area contributed by atoms with Crippen molar-refractivity contribution >= 4 is 147 Å². The standard InChI is InChI=1S/C85H57N4O2P3S/c86-58-59-41-48-72(49-42-59)95(90,91)73-50-43-62(44-51-73)89-79-54-47-71(94(67-37-21-7-22-38-67)68-39-23-8-24-40-68)57-76(79)82-84-80(74-55-69(45-52-77(74)87(84)60-25-9-1-10-26-60)92(63-29-13-3-14-30-63)64-31-15-4-16-32-64)83-81(85(82)89)75-56-70(46-53-78(75)88(83)61-27-11-2-12-28-61)93(65-33-17-5-18-34-65)66-35-19-6-20-36-66/h1-57H. The summed E-state index contributed by atoms with van der Waals surface area (Å²) >= 11 is 0. The van der Waals surface area contributed by atoms with E-state index in [1.165, 1.54) is 59.9 Å². The van der Waals surface area contributed by atoms with Crippen molar-refractivity contribution in [1.29, 1.82) is 5.26 Å². The molecule has 0 aliphatic heterocycles. The molecule has 0 atom stereocenters. The minimum absolute atomic E-state index is 0.124. The molecule has 10 heteroatoms. The van der Waals surface area contributed by atoms with Gasteiger partial charge in [0.05, 0.1) is 54.5 Å². The molecule has 450 valence electrons. The van der Waals surface area contributed by atoms with Crippen LogP contribution in [0, 0.1) is 11.3 Å². The zero-order valence-electron chi connectivity index (χ0n) is 51.3. The Morgan fingerprint density at radius 3 is 0.768 bits per heavy atom. The number of hydrogen-bond donors (Lipinski definition) is 0. The summed E-state index contributed by atoms with van der Waals surface area (Å²) in [4.78, 5) is 0.281. The molecule has 6 nitrogen and oxygen atoms in total. The van der Waals surface area contributed by atoms with Gasteiger partial charge in [0, 0.05) is 49.4 Å². The van der Waals surface area contributed by atoms with Gasteiger partial charge < -0.3 is 13.7 Å². The molecule has 95 heavy (non-hydrogen) atoms. The second kappa shape index (κ2) is 24.3. The molecule has 0 aliphatic rings. The number of hydrogen-bond acceptors (Lipinski definition) is 3. The van der Waals surface area contributed by atoms with Crippen molar-refractivity contribution in [2.75, 3.05) is 0 Å². The van der Waals surface area contributed by atoms with Crippen LogP contribution in [0.2, 0.25) is 0 Å². The molecule has 0 N–H and O–H groups in total. The highest BCUT2D eigenvalue weighted by atomic mass is 32.2. The van der Waals surface area contributed by atoms with Gasteiger partial charge in [-0.2, -0.15) is 5.26 Å². The van der Waals surface area contributed by atoms with Crippen LogP contribution in [0.3, 0.4) is 0 Å².